The molecular weight excluding hydrogens is 474 g/mol. The van der Waals surface area contributed by atoms with Gasteiger partial charge in [-0.3, -0.25) is 9.59 Å². The Bertz CT molecular complexity index is 558. The Balaban J connectivity index is 3.53. The average molecular weight is 541 g/mol. The Hall–Kier alpha value is -1.10. The predicted octanol–water partition coefficient (Wildman–Crippen LogP) is 9.32. The van der Waals surface area contributed by atoms with E-state index < -0.39 is 12.1 Å². The van der Waals surface area contributed by atoms with Crippen molar-refractivity contribution in [2.24, 2.45) is 5.92 Å². The molecule has 0 aliphatic rings. The number of ether oxygens (including phenoxy) is 1. The van der Waals surface area contributed by atoms with Crippen LogP contribution >= 0.6 is 0 Å². The molecule has 0 saturated heterocycles. The van der Waals surface area contributed by atoms with Crippen LogP contribution in [0.3, 0.4) is 0 Å². The normalized spacial score (nSPS) is 13.4. The van der Waals surface area contributed by atoms with Gasteiger partial charge in [-0.2, -0.15) is 0 Å². The van der Waals surface area contributed by atoms with Crippen LogP contribution in [0.25, 0.3) is 0 Å². The summed E-state index contributed by atoms with van der Waals surface area (Å²) in [6, 6.07) is 0. The standard InChI is InChI=1S/C33H65NO4/c1-6-7-8-9-10-11-12-13-14-15-16-17-18-19-20-21-22-23-25-30(2)26-24-27-33(37)38-31(28-32(35)36)29-34(3,4)5/h30-31H,6-29H2,1-5H3/p+1. The molecule has 0 fully saturated rings. The molecule has 0 amide bonds. The van der Waals surface area contributed by atoms with E-state index in [1.54, 1.807) is 0 Å². The molecule has 0 aromatic carbocycles. The van der Waals surface area contributed by atoms with E-state index in [0.717, 1.165) is 12.8 Å². The van der Waals surface area contributed by atoms with Crippen LogP contribution in [-0.4, -0.2) is 55.3 Å². The van der Waals surface area contributed by atoms with Crippen molar-refractivity contribution in [3.63, 3.8) is 0 Å². The van der Waals surface area contributed by atoms with E-state index >= 15 is 0 Å². The van der Waals surface area contributed by atoms with Crippen LogP contribution < -0.4 is 0 Å². The minimum atomic E-state index is -0.922. The summed E-state index contributed by atoms with van der Waals surface area (Å²) >= 11 is 0. The molecule has 2 unspecified atom stereocenters. The van der Waals surface area contributed by atoms with Gasteiger partial charge in [0.15, 0.2) is 6.10 Å². The third kappa shape index (κ3) is 27.9. The Labute approximate surface area is 237 Å². The van der Waals surface area contributed by atoms with Crippen LogP contribution in [0.5, 0.6) is 0 Å². The van der Waals surface area contributed by atoms with Gasteiger partial charge in [0, 0.05) is 6.42 Å². The molecule has 0 bridgehead atoms. The zero-order chi connectivity index (χ0) is 28.5. The van der Waals surface area contributed by atoms with Crippen LogP contribution in [0.15, 0.2) is 0 Å². The number of hydrogen-bond acceptors (Lipinski definition) is 3. The number of quaternary nitrogens is 1. The molecule has 0 aliphatic heterocycles. The van der Waals surface area contributed by atoms with Crippen molar-refractivity contribution in [1.82, 2.24) is 0 Å². The van der Waals surface area contributed by atoms with Gasteiger partial charge in [-0.1, -0.05) is 142 Å². The molecule has 2 atom stereocenters. The van der Waals surface area contributed by atoms with Crippen LogP contribution in [-0.2, 0) is 14.3 Å². The average Bonchev–Trinajstić information content (AvgIpc) is 2.81. The number of aliphatic carboxylic acids is 1. The fraction of sp³-hybridized carbons (Fsp3) is 0.939. The fourth-order valence-corrected chi connectivity index (χ4v) is 5.33. The number of hydrogen-bond donors (Lipinski definition) is 1. The Morgan fingerprint density at radius 3 is 1.45 bits per heavy atom. The topological polar surface area (TPSA) is 63.6 Å². The molecule has 0 spiro atoms. The van der Waals surface area contributed by atoms with E-state index in [9.17, 15) is 9.59 Å². The van der Waals surface area contributed by atoms with Gasteiger partial charge in [-0.25, -0.2) is 0 Å². The van der Waals surface area contributed by atoms with Crippen molar-refractivity contribution in [2.45, 2.75) is 168 Å². The quantitative estimate of drug-likeness (QED) is 0.0610. The van der Waals surface area contributed by atoms with Crippen molar-refractivity contribution in [3.05, 3.63) is 0 Å². The van der Waals surface area contributed by atoms with E-state index in [2.05, 4.69) is 13.8 Å². The number of carboxylic acid groups (broad SMARTS) is 1. The lowest BCUT2D eigenvalue weighted by Crippen LogP contribution is -2.43. The molecular formula is C33H66NO4+. The number of esters is 1. The Kier molecular flexibility index (Phi) is 24.2. The van der Waals surface area contributed by atoms with Gasteiger partial charge in [0.2, 0.25) is 0 Å². The maximum Gasteiger partial charge on any atom is 0.307 e. The Morgan fingerprint density at radius 1 is 0.658 bits per heavy atom. The Morgan fingerprint density at radius 2 is 1.05 bits per heavy atom. The van der Waals surface area contributed by atoms with Gasteiger partial charge in [0.05, 0.1) is 27.6 Å². The second-order valence-electron chi connectivity index (χ2n) is 13.0. The van der Waals surface area contributed by atoms with E-state index in [1.807, 2.05) is 21.1 Å². The molecule has 5 heteroatoms. The molecule has 0 heterocycles. The first kappa shape index (κ1) is 36.9. The predicted molar refractivity (Wildman–Crippen MR) is 161 cm³/mol. The van der Waals surface area contributed by atoms with E-state index in [1.165, 1.54) is 122 Å². The SMILES string of the molecule is CCCCCCCCCCCCCCCCCCCCC(C)CCCC(=O)OC(CC(=O)O)C[N+](C)(C)C. The molecule has 0 radical (unpaired) electrons. The lowest BCUT2D eigenvalue weighted by molar-refractivity contribution is -0.873. The molecule has 5 nitrogen and oxygen atoms in total. The summed E-state index contributed by atoms with van der Waals surface area (Å²) in [6.45, 7) is 5.08. The summed E-state index contributed by atoms with van der Waals surface area (Å²) < 4.78 is 6.06. The van der Waals surface area contributed by atoms with Crippen molar-refractivity contribution in [2.75, 3.05) is 27.7 Å². The van der Waals surface area contributed by atoms with Crippen LogP contribution in [0.2, 0.25) is 0 Å². The maximum atomic E-state index is 12.2. The van der Waals surface area contributed by atoms with Gasteiger partial charge < -0.3 is 14.3 Å². The summed E-state index contributed by atoms with van der Waals surface area (Å²) in [5.41, 5.74) is 0. The summed E-state index contributed by atoms with van der Waals surface area (Å²) in [7, 11) is 5.93. The highest BCUT2D eigenvalue weighted by Crippen LogP contribution is 2.19. The summed E-state index contributed by atoms with van der Waals surface area (Å²) in [4.78, 5) is 23.3. The molecule has 0 saturated carbocycles. The number of unbranched alkanes of at least 4 members (excludes halogenated alkanes) is 17. The first-order valence-electron chi connectivity index (χ1n) is 16.4. The number of rotatable bonds is 28. The zero-order valence-corrected chi connectivity index (χ0v) is 26.2. The summed E-state index contributed by atoms with van der Waals surface area (Å²) in [5.74, 6) is -0.552. The van der Waals surface area contributed by atoms with Crippen molar-refractivity contribution < 1.29 is 23.9 Å². The van der Waals surface area contributed by atoms with Crippen molar-refractivity contribution in [1.29, 1.82) is 0 Å². The van der Waals surface area contributed by atoms with Crippen molar-refractivity contribution >= 4 is 11.9 Å². The number of carbonyl (C=O) groups is 2. The van der Waals surface area contributed by atoms with Gasteiger partial charge in [-0.15, -0.1) is 0 Å². The first-order chi connectivity index (χ1) is 18.1. The monoisotopic (exact) mass is 540 g/mol. The van der Waals surface area contributed by atoms with Crippen molar-refractivity contribution in [3.8, 4) is 0 Å². The third-order valence-corrected chi connectivity index (χ3v) is 7.58. The second kappa shape index (κ2) is 24.9. The van der Waals surface area contributed by atoms with Gasteiger partial charge in [0.25, 0.3) is 0 Å². The summed E-state index contributed by atoms with van der Waals surface area (Å²) in [5, 5.41) is 9.09. The van der Waals surface area contributed by atoms with E-state index in [4.69, 9.17) is 9.84 Å². The fourth-order valence-electron chi connectivity index (χ4n) is 5.33. The van der Waals surface area contributed by atoms with Crippen LogP contribution in [0.1, 0.15) is 162 Å². The van der Waals surface area contributed by atoms with E-state index in [0.29, 0.717) is 23.4 Å². The highest BCUT2D eigenvalue weighted by atomic mass is 16.5. The van der Waals surface area contributed by atoms with Gasteiger partial charge in [-0.05, 0) is 12.3 Å². The van der Waals surface area contributed by atoms with Gasteiger partial charge >= 0.3 is 11.9 Å². The van der Waals surface area contributed by atoms with E-state index in [-0.39, 0.29) is 12.4 Å². The van der Waals surface area contributed by atoms with Gasteiger partial charge in [0.1, 0.15) is 6.54 Å². The minimum Gasteiger partial charge on any atom is -0.481 e. The smallest absolute Gasteiger partial charge is 0.307 e. The highest BCUT2D eigenvalue weighted by molar-refractivity contribution is 5.71. The largest absolute Gasteiger partial charge is 0.481 e. The third-order valence-electron chi connectivity index (χ3n) is 7.58. The first-order valence-corrected chi connectivity index (χ1v) is 16.4. The zero-order valence-electron chi connectivity index (χ0n) is 26.2. The molecule has 1 N–H and O–H groups in total. The number of nitrogens with zero attached hydrogens (tertiary/aromatic N) is 1. The molecule has 0 aromatic heterocycles. The lowest BCUT2D eigenvalue weighted by atomic mass is 9.96. The molecule has 0 aliphatic carbocycles. The lowest BCUT2D eigenvalue weighted by Gasteiger charge is -2.28. The van der Waals surface area contributed by atoms with Crippen LogP contribution in [0.4, 0.5) is 0 Å². The highest BCUT2D eigenvalue weighted by Gasteiger charge is 2.24. The van der Waals surface area contributed by atoms with Crippen LogP contribution in [0, 0.1) is 5.92 Å². The molecule has 0 rings (SSSR count). The molecule has 226 valence electrons. The molecule has 0 aromatic rings. The minimum absolute atomic E-state index is 0.128. The number of carboxylic acids is 1. The maximum absolute atomic E-state index is 12.2. The summed E-state index contributed by atoms with van der Waals surface area (Å²) in [6.07, 6.45) is 28.1. The number of likely N-dealkylation sites (N-methyl/N-ethyl adjacent to an activating group) is 1. The number of carbonyl (C=O) groups excluding carboxylic acids is 1. The molecule has 38 heavy (non-hydrogen) atoms. The second-order valence-corrected chi connectivity index (χ2v) is 13.0.